The Kier molecular flexibility index (Phi) is 4.31. The minimum absolute atomic E-state index is 0.0161. The third-order valence-corrected chi connectivity index (χ3v) is 4.49. The second-order valence-corrected chi connectivity index (χ2v) is 6.24. The van der Waals surface area contributed by atoms with Crippen molar-refractivity contribution in [1.82, 2.24) is 24.1 Å². The number of aliphatic hydroxyl groups excluding tert-OH is 1. The summed E-state index contributed by atoms with van der Waals surface area (Å²) in [6, 6.07) is 5.01. The molecule has 11 heteroatoms. The number of nitrogens with zero attached hydrogens (tertiary/aromatic N) is 5. The van der Waals surface area contributed by atoms with Crippen LogP contribution in [0, 0.1) is 0 Å². The van der Waals surface area contributed by atoms with E-state index in [-0.39, 0.29) is 46.1 Å². The Morgan fingerprint density at radius 3 is 2.64 bits per heavy atom. The predicted molar refractivity (Wildman–Crippen MR) is 95.5 cm³/mol. The first-order valence-electron chi connectivity index (χ1n) is 8.02. The van der Waals surface area contributed by atoms with Crippen LogP contribution < -0.4 is 5.56 Å². The Bertz CT molecular complexity index is 1270. The number of aromatic nitrogens is 5. The molecule has 0 aliphatic carbocycles. The summed E-state index contributed by atoms with van der Waals surface area (Å²) in [5.41, 5.74) is -1.69. The van der Waals surface area contributed by atoms with Crippen LogP contribution in [0.15, 0.2) is 41.6 Å². The summed E-state index contributed by atoms with van der Waals surface area (Å²) >= 11 is 6.09. The molecule has 28 heavy (non-hydrogen) atoms. The van der Waals surface area contributed by atoms with E-state index in [2.05, 4.69) is 15.0 Å². The van der Waals surface area contributed by atoms with Gasteiger partial charge in [0.15, 0.2) is 10.7 Å². The third kappa shape index (κ3) is 2.81. The number of rotatable bonds is 3. The largest absolute Gasteiger partial charge is 0.433 e. The molecule has 7 nitrogen and oxygen atoms in total. The Morgan fingerprint density at radius 2 is 1.96 bits per heavy atom. The van der Waals surface area contributed by atoms with Crippen molar-refractivity contribution < 1.29 is 18.3 Å². The molecule has 0 aliphatic heterocycles. The van der Waals surface area contributed by atoms with Gasteiger partial charge in [-0.2, -0.15) is 13.2 Å². The zero-order valence-corrected chi connectivity index (χ0v) is 14.7. The van der Waals surface area contributed by atoms with E-state index in [1.54, 1.807) is 0 Å². The molecule has 0 bridgehead atoms. The highest BCUT2D eigenvalue weighted by atomic mass is 35.5. The van der Waals surface area contributed by atoms with Gasteiger partial charge in [0.25, 0.3) is 5.56 Å². The Labute approximate surface area is 159 Å². The number of hydrogen-bond acceptors (Lipinski definition) is 5. The lowest BCUT2D eigenvalue weighted by Gasteiger charge is -2.14. The number of pyridine rings is 3. The smallest absolute Gasteiger partial charge is 0.395 e. The van der Waals surface area contributed by atoms with Gasteiger partial charge in [0.1, 0.15) is 11.3 Å². The Morgan fingerprint density at radius 1 is 1.18 bits per heavy atom. The summed E-state index contributed by atoms with van der Waals surface area (Å²) in [5.74, 6) is 0. The van der Waals surface area contributed by atoms with E-state index in [0.29, 0.717) is 0 Å². The molecule has 0 saturated carbocycles. The van der Waals surface area contributed by atoms with E-state index >= 15 is 0 Å². The van der Waals surface area contributed by atoms with Gasteiger partial charge in [0.2, 0.25) is 0 Å². The molecule has 1 N–H and O–H groups in total. The molecule has 0 saturated heterocycles. The summed E-state index contributed by atoms with van der Waals surface area (Å²) in [6.45, 7) is -0.123. The maximum Gasteiger partial charge on any atom is 0.433 e. The van der Waals surface area contributed by atoms with Gasteiger partial charge in [-0.05, 0) is 24.3 Å². The first-order valence-corrected chi connectivity index (χ1v) is 8.40. The molecule has 0 unspecified atom stereocenters. The van der Waals surface area contributed by atoms with Gasteiger partial charge in [0.05, 0.1) is 24.1 Å². The van der Waals surface area contributed by atoms with Gasteiger partial charge < -0.3 is 9.67 Å². The summed E-state index contributed by atoms with van der Waals surface area (Å²) in [4.78, 5) is 24.8. The molecule has 4 aromatic rings. The molecule has 0 aliphatic rings. The minimum Gasteiger partial charge on any atom is -0.395 e. The lowest BCUT2D eigenvalue weighted by Crippen LogP contribution is -2.22. The molecule has 0 aromatic carbocycles. The van der Waals surface area contributed by atoms with Crippen LogP contribution in [0.25, 0.3) is 27.8 Å². The SMILES string of the molecule is O=c1c2ncn(CCO)c2c2ccc(C(F)(F)F)nc2n1-c1cccnc1Cl. The van der Waals surface area contributed by atoms with Crippen LogP contribution in [0.3, 0.4) is 0 Å². The van der Waals surface area contributed by atoms with Gasteiger partial charge in [-0.15, -0.1) is 0 Å². The average molecular weight is 410 g/mol. The van der Waals surface area contributed by atoms with Crippen molar-refractivity contribution in [2.75, 3.05) is 6.61 Å². The molecule has 4 heterocycles. The highest BCUT2D eigenvalue weighted by molar-refractivity contribution is 6.31. The minimum atomic E-state index is -4.70. The second-order valence-electron chi connectivity index (χ2n) is 5.88. The molecular formula is C17H11ClF3N5O2. The predicted octanol–water partition coefficient (Wildman–Crippen LogP) is 2.79. The summed E-state index contributed by atoms with van der Waals surface area (Å²) in [7, 11) is 0. The Balaban J connectivity index is 2.22. The lowest BCUT2D eigenvalue weighted by atomic mass is 10.2. The zero-order valence-electron chi connectivity index (χ0n) is 14.0. The van der Waals surface area contributed by atoms with Gasteiger partial charge in [0, 0.05) is 18.1 Å². The number of hydrogen-bond donors (Lipinski definition) is 1. The van der Waals surface area contributed by atoms with Gasteiger partial charge >= 0.3 is 6.18 Å². The average Bonchev–Trinajstić information content (AvgIpc) is 3.07. The molecule has 0 amide bonds. The maximum atomic E-state index is 13.2. The van der Waals surface area contributed by atoms with E-state index in [9.17, 15) is 23.1 Å². The molecule has 0 radical (unpaired) electrons. The van der Waals surface area contributed by atoms with Gasteiger partial charge in [-0.3, -0.25) is 9.36 Å². The van der Waals surface area contributed by atoms with E-state index in [1.165, 1.54) is 35.3 Å². The lowest BCUT2D eigenvalue weighted by molar-refractivity contribution is -0.141. The standard InChI is InChI=1S/C17H11ClF3N5O2/c18-14-10(2-1-5-22-14)26-15-9(3-4-11(24-15)17(19,20)21)13-12(16(26)28)23-8-25(13)6-7-27/h1-5,8,27H,6-7H2. The van der Waals surface area contributed by atoms with Crippen LogP contribution >= 0.6 is 11.6 Å². The number of imidazole rings is 1. The van der Waals surface area contributed by atoms with Crippen LogP contribution in [0.2, 0.25) is 5.15 Å². The molecule has 0 spiro atoms. The zero-order chi connectivity index (χ0) is 20.1. The monoisotopic (exact) mass is 409 g/mol. The molecule has 4 aromatic heterocycles. The van der Waals surface area contributed by atoms with Crippen LogP contribution in [0.1, 0.15) is 5.69 Å². The highest BCUT2D eigenvalue weighted by Gasteiger charge is 2.33. The number of halogens is 4. The van der Waals surface area contributed by atoms with Crippen LogP contribution in [-0.2, 0) is 12.7 Å². The molecular weight excluding hydrogens is 399 g/mol. The molecule has 4 rings (SSSR count). The van der Waals surface area contributed by atoms with Crippen molar-refractivity contribution in [3.63, 3.8) is 0 Å². The fraction of sp³-hybridized carbons (Fsp3) is 0.176. The van der Waals surface area contributed by atoms with E-state index in [1.807, 2.05) is 0 Å². The highest BCUT2D eigenvalue weighted by Crippen LogP contribution is 2.31. The van der Waals surface area contributed by atoms with Crippen molar-refractivity contribution in [3.8, 4) is 5.69 Å². The molecule has 144 valence electrons. The summed E-state index contributed by atoms with van der Waals surface area (Å²) in [5, 5.41) is 9.42. The fourth-order valence-electron chi connectivity index (χ4n) is 3.03. The third-order valence-electron chi connectivity index (χ3n) is 4.20. The molecule has 0 fully saturated rings. The van der Waals surface area contributed by atoms with Gasteiger partial charge in [-0.25, -0.2) is 15.0 Å². The topological polar surface area (TPSA) is 85.8 Å². The van der Waals surface area contributed by atoms with Crippen molar-refractivity contribution in [2.24, 2.45) is 0 Å². The van der Waals surface area contributed by atoms with E-state index < -0.39 is 17.4 Å². The van der Waals surface area contributed by atoms with Gasteiger partial charge in [-0.1, -0.05) is 11.6 Å². The first-order chi connectivity index (χ1) is 13.3. The van der Waals surface area contributed by atoms with E-state index in [0.717, 1.165) is 10.6 Å². The fourth-order valence-corrected chi connectivity index (χ4v) is 3.23. The maximum absolute atomic E-state index is 13.2. The number of fused-ring (bicyclic) bond motifs is 3. The van der Waals surface area contributed by atoms with Crippen molar-refractivity contribution >= 4 is 33.7 Å². The number of alkyl halides is 3. The van der Waals surface area contributed by atoms with Crippen molar-refractivity contribution in [2.45, 2.75) is 12.7 Å². The van der Waals surface area contributed by atoms with Crippen molar-refractivity contribution in [1.29, 1.82) is 0 Å². The second kappa shape index (κ2) is 6.57. The van der Waals surface area contributed by atoms with E-state index in [4.69, 9.17) is 11.6 Å². The summed E-state index contributed by atoms with van der Waals surface area (Å²) in [6.07, 6.45) is -1.97. The van der Waals surface area contributed by atoms with Crippen LogP contribution in [0.4, 0.5) is 13.2 Å². The first kappa shape index (κ1) is 18.4. The Hall–Kier alpha value is -2.98. The normalized spacial score (nSPS) is 12.2. The summed E-state index contributed by atoms with van der Waals surface area (Å²) < 4.78 is 42.2. The number of aliphatic hydroxyl groups is 1. The van der Waals surface area contributed by atoms with Crippen LogP contribution in [-0.4, -0.2) is 35.8 Å². The van der Waals surface area contributed by atoms with Crippen molar-refractivity contribution in [3.05, 3.63) is 58.0 Å². The van der Waals surface area contributed by atoms with Crippen LogP contribution in [0.5, 0.6) is 0 Å². The molecule has 0 atom stereocenters. The quantitative estimate of drug-likeness (QED) is 0.526.